The predicted molar refractivity (Wildman–Crippen MR) is 197 cm³/mol. The van der Waals surface area contributed by atoms with Crippen LogP contribution < -0.4 is 0 Å². The Kier molecular flexibility index (Phi) is 28.7. The number of likely N-dealkylation sites (tertiary alicyclic amines) is 1. The van der Waals surface area contributed by atoms with Crippen molar-refractivity contribution in [2.75, 3.05) is 19.6 Å². The van der Waals surface area contributed by atoms with Crippen LogP contribution >= 0.6 is 0 Å². The average Bonchev–Trinajstić information content (AvgIpc) is 2.99. The SMILES string of the molecule is CCCCCC=CCC=CCCCCCCCCC1(CCCCCCCCC=CCC=CCCCCC)CN(CCC)C1. The molecule has 0 unspecified atom stereocenters. The van der Waals surface area contributed by atoms with Gasteiger partial charge >= 0.3 is 0 Å². The maximum absolute atomic E-state index is 2.73. The minimum Gasteiger partial charge on any atom is -0.302 e. The van der Waals surface area contributed by atoms with Gasteiger partial charge in [0, 0.05) is 13.1 Å². The maximum atomic E-state index is 2.73. The smallest absolute Gasteiger partial charge is 0.00505 e. The molecule has 0 radical (unpaired) electrons. The Labute approximate surface area is 272 Å². The number of nitrogens with zero attached hydrogens (tertiary/aromatic N) is 1. The van der Waals surface area contributed by atoms with Gasteiger partial charge in [0.05, 0.1) is 0 Å². The summed E-state index contributed by atoms with van der Waals surface area (Å²) in [4.78, 5) is 2.73. The Hall–Kier alpha value is -1.08. The van der Waals surface area contributed by atoms with Crippen molar-refractivity contribution < 1.29 is 0 Å². The summed E-state index contributed by atoms with van der Waals surface area (Å²) in [6.07, 6.45) is 55.9. The molecule has 1 heterocycles. The van der Waals surface area contributed by atoms with E-state index in [9.17, 15) is 0 Å². The third-order valence-electron chi connectivity index (χ3n) is 9.47. The third kappa shape index (κ3) is 24.9. The van der Waals surface area contributed by atoms with Crippen LogP contribution in [0.15, 0.2) is 48.6 Å². The lowest BCUT2D eigenvalue weighted by molar-refractivity contribution is -0.0167. The first-order valence-electron chi connectivity index (χ1n) is 19.6. The van der Waals surface area contributed by atoms with Crippen LogP contribution in [0.5, 0.6) is 0 Å². The van der Waals surface area contributed by atoms with Gasteiger partial charge in [-0.25, -0.2) is 0 Å². The first-order valence-corrected chi connectivity index (χ1v) is 19.6. The van der Waals surface area contributed by atoms with E-state index in [-0.39, 0.29) is 0 Å². The van der Waals surface area contributed by atoms with E-state index in [1.807, 2.05) is 0 Å². The summed E-state index contributed by atoms with van der Waals surface area (Å²) in [6.45, 7) is 11.0. The van der Waals surface area contributed by atoms with Crippen molar-refractivity contribution in [3.63, 3.8) is 0 Å². The highest BCUT2D eigenvalue weighted by atomic mass is 15.2. The second kappa shape index (κ2) is 30.9. The van der Waals surface area contributed by atoms with Gasteiger partial charge < -0.3 is 4.90 Å². The Morgan fingerprint density at radius 2 is 0.744 bits per heavy atom. The second-order valence-electron chi connectivity index (χ2n) is 13.9. The van der Waals surface area contributed by atoms with E-state index in [1.165, 1.54) is 180 Å². The van der Waals surface area contributed by atoms with Crippen molar-refractivity contribution in [1.29, 1.82) is 0 Å². The Balaban J connectivity index is 2.02. The lowest BCUT2D eigenvalue weighted by Gasteiger charge is -2.51. The van der Waals surface area contributed by atoms with Crippen molar-refractivity contribution in [2.24, 2.45) is 5.41 Å². The predicted octanol–water partition coefficient (Wildman–Crippen LogP) is 14.1. The van der Waals surface area contributed by atoms with Gasteiger partial charge in [-0.1, -0.05) is 159 Å². The fourth-order valence-corrected chi connectivity index (χ4v) is 6.79. The van der Waals surface area contributed by atoms with Crippen LogP contribution in [0.3, 0.4) is 0 Å². The number of rotatable bonds is 32. The second-order valence-corrected chi connectivity index (χ2v) is 13.9. The van der Waals surface area contributed by atoms with E-state index < -0.39 is 0 Å². The molecule has 1 rings (SSSR count). The van der Waals surface area contributed by atoms with E-state index in [0.717, 1.165) is 12.8 Å². The number of hydrogen-bond donors (Lipinski definition) is 0. The van der Waals surface area contributed by atoms with Crippen molar-refractivity contribution in [3.8, 4) is 0 Å². The standard InChI is InChI=1S/C42H77N/c1-4-7-9-11-13-15-17-19-21-23-25-27-29-31-33-35-37-42(40-43(41-42)39-6-3)38-36-34-32-30-28-26-24-22-20-18-16-14-12-10-8-5-2/h13-16,19-22H,4-12,17-18,23-41H2,1-3H3. The van der Waals surface area contributed by atoms with Crippen LogP contribution in [0.4, 0.5) is 0 Å². The topological polar surface area (TPSA) is 3.24 Å². The van der Waals surface area contributed by atoms with Crippen LogP contribution in [0.2, 0.25) is 0 Å². The summed E-state index contributed by atoms with van der Waals surface area (Å²) in [6, 6.07) is 0. The summed E-state index contributed by atoms with van der Waals surface area (Å²) in [5.74, 6) is 0. The van der Waals surface area contributed by atoms with E-state index in [4.69, 9.17) is 0 Å². The molecule has 1 aliphatic rings. The van der Waals surface area contributed by atoms with E-state index in [1.54, 1.807) is 0 Å². The summed E-state index contributed by atoms with van der Waals surface area (Å²) in [5.41, 5.74) is 0.666. The molecule has 0 aromatic rings. The average molecular weight is 596 g/mol. The van der Waals surface area contributed by atoms with Crippen molar-refractivity contribution in [2.45, 2.75) is 194 Å². The van der Waals surface area contributed by atoms with Gasteiger partial charge in [-0.15, -0.1) is 0 Å². The molecular weight excluding hydrogens is 518 g/mol. The van der Waals surface area contributed by atoms with E-state index in [0.29, 0.717) is 5.41 Å². The molecule has 0 N–H and O–H groups in total. The quantitative estimate of drug-likeness (QED) is 0.0552. The minimum atomic E-state index is 0.666. The molecule has 0 aromatic carbocycles. The molecule has 0 saturated carbocycles. The number of hydrogen-bond acceptors (Lipinski definition) is 1. The molecule has 0 amide bonds. The molecule has 0 aliphatic carbocycles. The molecule has 1 aliphatic heterocycles. The minimum absolute atomic E-state index is 0.666. The molecule has 0 spiro atoms. The Morgan fingerprint density at radius 3 is 1.12 bits per heavy atom. The lowest BCUT2D eigenvalue weighted by Crippen LogP contribution is -2.56. The van der Waals surface area contributed by atoms with Gasteiger partial charge in [0.1, 0.15) is 0 Å². The molecule has 1 heteroatoms. The molecule has 1 nitrogen and oxygen atoms in total. The third-order valence-corrected chi connectivity index (χ3v) is 9.47. The Bertz CT molecular complexity index is 627. The summed E-state index contributed by atoms with van der Waals surface area (Å²) in [5, 5.41) is 0. The zero-order valence-corrected chi connectivity index (χ0v) is 29.8. The van der Waals surface area contributed by atoms with Gasteiger partial charge in [0.2, 0.25) is 0 Å². The lowest BCUT2D eigenvalue weighted by atomic mass is 9.71. The molecule has 43 heavy (non-hydrogen) atoms. The molecule has 0 bridgehead atoms. The van der Waals surface area contributed by atoms with Gasteiger partial charge in [-0.05, 0) is 95.4 Å². The zero-order chi connectivity index (χ0) is 30.9. The first-order chi connectivity index (χ1) is 21.3. The monoisotopic (exact) mass is 596 g/mol. The van der Waals surface area contributed by atoms with Crippen molar-refractivity contribution >= 4 is 0 Å². The van der Waals surface area contributed by atoms with Crippen molar-refractivity contribution in [1.82, 2.24) is 4.90 Å². The highest BCUT2D eigenvalue weighted by molar-refractivity contribution is 4.95. The van der Waals surface area contributed by atoms with Gasteiger partial charge in [-0.2, -0.15) is 0 Å². The number of allylic oxidation sites excluding steroid dienone is 8. The van der Waals surface area contributed by atoms with E-state index in [2.05, 4.69) is 74.3 Å². The molecule has 0 aromatic heterocycles. The van der Waals surface area contributed by atoms with Gasteiger partial charge in [0.15, 0.2) is 0 Å². The van der Waals surface area contributed by atoms with Crippen molar-refractivity contribution in [3.05, 3.63) is 48.6 Å². The molecule has 1 fully saturated rings. The molecule has 250 valence electrons. The zero-order valence-electron chi connectivity index (χ0n) is 29.8. The van der Waals surface area contributed by atoms with Crippen LogP contribution in [0.25, 0.3) is 0 Å². The summed E-state index contributed by atoms with van der Waals surface area (Å²) in [7, 11) is 0. The fourth-order valence-electron chi connectivity index (χ4n) is 6.79. The maximum Gasteiger partial charge on any atom is 0.00505 e. The van der Waals surface area contributed by atoms with Gasteiger partial charge in [-0.3, -0.25) is 0 Å². The highest BCUT2D eigenvalue weighted by Crippen LogP contribution is 2.40. The van der Waals surface area contributed by atoms with Crippen LogP contribution in [0.1, 0.15) is 194 Å². The highest BCUT2D eigenvalue weighted by Gasteiger charge is 2.40. The van der Waals surface area contributed by atoms with Crippen LogP contribution in [-0.2, 0) is 0 Å². The Morgan fingerprint density at radius 1 is 0.395 bits per heavy atom. The molecule has 1 saturated heterocycles. The van der Waals surface area contributed by atoms with Crippen LogP contribution in [-0.4, -0.2) is 24.5 Å². The molecule has 0 atom stereocenters. The summed E-state index contributed by atoms with van der Waals surface area (Å²) >= 11 is 0. The van der Waals surface area contributed by atoms with Crippen LogP contribution in [0, 0.1) is 5.41 Å². The van der Waals surface area contributed by atoms with Gasteiger partial charge in [0.25, 0.3) is 0 Å². The van der Waals surface area contributed by atoms with E-state index >= 15 is 0 Å². The first kappa shape index (κ1) is 39.9. The normalized spacial score (nSPS) is 15.6. The largest absolute Gasteiger partial charge is 0.302 e. The number of unbranched alkanes of at least 4 members (excludes halogenated alkanes) is 18. The fraction of sp³-hybridized carbons (Fsp3) is 0.810. The summed E-state index contributed by atoms with van der Waals surface area (Å²) < 4.78 is 0. The molecular formula is C42H77N.